The first-order chi connectivity index (χ1) is 8.20. The fourth-order valence-electron chi connectivity index (χ4n) is 2.35. The van der Waals surface area contributed by atoms with Gasteiger partial charge in [-0.1, -0.05) is 19.1 Å². The summed E-state index contributed by atoms with van der Waals surface area (Å²) in [7, 11) is -0.641. The van der Waals surface area contributed by atoms with Gasteiger partial charge in [-0.3, -0.25) is 9.11 Å². The molecule has 0 bridgehead atoms. The summed E-state index contributed by atoms with van der Waals surface area (Å²) in [5.41, 5.74) is 1.15. The molecule has 0 N–H and O–H groups in total. The molecule has 2 rings (SSSR count). The van der Waals surface area contributed by atoms with Crippen molar-refractivity contribution in [2.24, 2.45) is 0 Å². The standard InChI is InChI=1S/C13H18FNOS/c1-2-13(11-3-5-12(14)6-4-11)15-7-9-17(16)10-8-15/h3-6,13H,2,7-10H2,1H3. The summed E-state index contributed by atoms with van der Waals surface area (Å²) in [4.78, 5) is 2.36. The Bertz CT molecular complexity index is 383. The fourth-order valence-corrected chi connectivity index (χ4v) is 3.43. The van der Waals surface area contributed by atoms with Crippen molar-refractivity contribution in [3.8, 4) is 0 Å². The normalized spacial score (nSPS) is 20.4. The van der Waals surface area contributed by atoms with Gasteiger partial charge in [0, 0.05) is 41.4 Å². The van der Waals surface area contributed by atoms with Crippen molar-refractivity contribution in [2.45, 2.75) is 19.4 Å². The molecular weight excluding hydrogens is 237 g/mol. The van der Waals surface area contributed by atoms with E-state index < -0.39 is 10.8 Å². The minimum absolute atomic E-state index is 0.191. The molecule has 0 spiro atoms. The summed E-state index contributed by atoms with van der Waals surface area (Å²) in [5, 5.41) is 0. The van der Waals surface area contributed by atoms with E-state index >= 15 is 0 Å². The van der Waals surface area contributed by atoms with Gasteiger partial charge in [0.05, 0.1) is 0 Å². The van der Waals surface area contributed by atoms with Crippen molar-refractivity contribution in [2.75, 3.05) is 24.6 Å². The average Bonchev–Trinajstić information content (AvgIpc) is 2.35. The van der Waals surface area contributed by atoms with Gasteiger partial charge < -0.3 is 0 Å². The second-order valence-corrected chi connectivity index (χ2v) is 6.06. The van der Waals surface area contributed by atoms with Gasteiger partial charge in [-0.2, -0.15) is 0 Å². The summed E-state index contributed by atoms with van der Waals surface area (Å²) >= 11 is 0. The first kappa shape index (κ1) is 12.7. The molecule has 1 heterocycles. The zero-order valence-corrected chi connectivity index (χ0v) is 10.9. The van der Waals surface area contributed by atoms with Gasteiger partial charge in [0.25, 0.3) is 0 Å². The highest BCUT2D eigenvalue weighted by Gasteiger charge is 2.23. The molecule has 1 aliphatic rings. The lowest BCUT2D eigenvalue weighted by molar-refractivity contribution is 0.210. The van der Waals surface area contributed by atoms with Gasteiger partial charge in [-0.05, 0) is 24.1 Å². The van der Waals surface area contributed by atoms with Gasteiger partial charge in [0.1, 0.15) is 5.82 Å². The fraction of sp³-hybridized carbons (Fsp3) is 0.538. The Kier molecular flexibility index (Phi) is 4.29. The molecule has 1 unspecified atom stereocenters. The maximum atomic E-state index is 12.9. The van der Waals surface area contributed by atoms with Crippen LogP contribution in [0.4, 0.5) is 4.39 Å². The van der Waals surface area contributed by atoms with Gasteiger partial charge in [0.15, 0.2) is 0 Å². The Morgan fingerprint density at radius 2 is 1.88 bits per heavy atom. The third-order valence-corrected chi connectivity index (χ3v) is 4.57. The number of hydrogen-bond acceptors (Lipinski definition) is 2. The third kappa shape index (κ3) is 3.13. The summed E-state index contributed by atoms with van der Waals surface area (Å²) in [6.07, 6.45) is 0.998. The second-order valence-electron chi connectivity index (χ2n) is 4.36. The molecule has 1 aromatic carbocycles. The highest BCUT2D eigenvalue weighted by Crippen LogP contribution is 2.25. The van der Waals surface area contributed by atoms with Crippen molar-refractivity contribution in [3.63, 3.8) is 0 Å². The monoisotopic (exact) mass is 255 g/mol. The summed E-state index contributed by atoms with van der Waals surface area (Å²) in [5.74, 6) is 1.33. The average molecular weight is 255 g/mol. The number of halogens is 1. The van der Waals surface area contributed by atoms with Gasteiger partial charge in [0.2, 0.25) is 0 Å². The number of nitrogens with zero attached hydrogens (tertiary/aromatic N) is 1. The van der Waals surface area contributed by atoms with Gasteiger partial charge >= 0.3 is 0 Å². The minimum atomic E-state index is -0.641. The van der Waals surface area contributed by atoms with E-state index in [0.29, 0.717) is 6.04 Å². The van der Waals surface area contributed by atoms with E-state index in [1.165, 1.54) is 12.1 Å². The van der Waals surface area contributed by atoms with Crippen molar-refractivity contribution < 1.29 is 8.60 Å². The molecule has 0 aliphatic carbocycles. The molecule has 4 heteroatoms. The van der Waals surface area contributed by atoms with Crippen LogP contribution < -0.4 is 0 Å². The summed E-state index contributed by atoms with van der Waals surface area (Å²) < 4.78 is 24.2. The van der Waals surface area contributed by atoms with Crippen molar-refractivity contribution in [3.05, 3.63) is 35.6 Å². The van der Waals surface area contributed by atoms with Crippen LogP contribution in [0.2, 0.25) is 0 Å². The zero-order chi connectivity index (χ0) is 12.3. The van der Waals surface area contributed by atoms with Crippen LogP contribution in [0.15, 0.2) is 24.3 Å². The summed E-state index contributed by atoms with van der Waals surface area (Å²) in [6.45, 7) is 3.89. The number of rotatable bonds is 3. The molecule has 0 aromatic heterocycles. The molecule has 1 fully saturated rings. The predicted molar refractivity (Wildman–Crippen MR) is 68.9 cm³/mol. The smallest absolute Gasteiger partial charge is 0.123 e. The van der Waals surface area contributed by atoms with E-state index in [2.05, 4.69) is 11.8 Å². The van der Waals surface area contributed by atoms with E-state index in [4.69, 9.17) is 0 Å². The maximum Gasteiger partial charge on any atom is 0.123 e. The molecule has 2 nitrogen and oxygen atoms in total. The number of hydrogen-bond donors (Lipinski definition) is 0. The molecule has 1 atom stereocenters. The van der Waals surface area contributed by atoms with Crippen LogP contribution in [0.25, 0.3) is 0 Å². The molecular formula is C13H18FNOS. The van der Waals surface area contributed by atoms with E-state index in [1.54, 1.807) is 0 Å². The lowest BCUT2D eigenvalue weighted by Gasteiger charge is -2.34. The maximum absolute atomic E-state index is 12.9. The van der Waals surface area contributed by atoms with Crippen LogP contribution in [0.1, 0.15) is 24.9 Å². The first-order valence-corrected chi connectivity index (χ1v) is 7.54. The van der Waals surface area contributed by atoms with Crippen LogP contribution in [-0.2, 0) is 10.8 Å². The molecule has 0 saturated carbocycles. The quantitative estimate of drug-likeness (QED) is 0.826. The van der Waals surface area contributed by atoms with E-state index in [1.807, 2.05) is 12.1 Å². The van der Waals surface area contributed by atoms with Crippen LogP contribution in [0.5, 0.6) is 0 Å². The molecule has 1 aromatic rings. The Hall–Kier alpha value is -0.740. The van der Waals surface area contributed by atoms with Crippen molar-refractivity contribution >= 4 is 10.8 Å². The predicted octanol–water partition coefficient (Wildman–Crippen LogP) is 2.34. The molecule has 17 heavy (non-hydrogen) atoms. The lowest BCUT2D eigenvalue weighted by Crippen LogP contribution is -2.40. The Morgan fingerprint density at radius 1 is 1.29 bits per heavy atom. The largest absolute Gasteiger partial charge is 0.295 e. The van der Waals surface area contributed by atoms with Crippen molar-refractivity contribution in [1.29, 1.82) is 0 Å². The van der Waals surface area contributed by atoms with Gasteiger partial charge in [-0.15, -0.1) is 0 Å². The number of benzene rings is 1. The molecule has 0 amide bonds. The van der Waals surface area contributed by atoms with E-state index in [9.17, 15) is 8.60 Å². The van der Waals surface area contributed by atoms with Gasteiger partial charge in [-0.25, -0.2) is 4.39 Å². The SMILES string of the molecule is CCC(c1ccc(F)cc1)N1CCS(=O)CC1. The second kappa shape index (κ2) is 5.74. The van der Waals surface area contributed by atoms with Crippen LogP contribution >= 0.6 is 0 Å². The molecule has 94 valence electrons. The first-order valence-electron chi connectivity index (χ1n) is 6.05. The Labute approximate surface area is 104 Å². The van der Waals surface area contributed by atoms with Crippen LogP contribution in [0.3, 0.4) is 0 Å². The van der Waals surface area contributed by atoms with Crippen LogP contribution in [0, 0.1) is 5.82 Å². The molecule has 0 radical (unpaired) electrons. The molecule has 1 saturated heterocycles. The summed E-state index contributed by atoms with van der Waals surface area (Å²) in [6, 6.07) is 7.07. The van der Waals surface area contributed by atoms with Crippen molar-refractivity contribution in [1.82, 2.24) is 4.90 Å². The van der Waals surface area contributed by atoms with E-state index in [0.717, 1.165) is 36.6 Å². The third-order valence-electron chi connectivity index (χ3n) is 3.29. The highest BCUT2D eigenvalue weighted by molar-refractivity contribution is 7.85. The molecule has 1 aliphatic heterocycles. The topological polar surface area (TPSA) is 20.3 Å². The minimum Gasteiger partial charge on any atom is -0.295 e. The highest BCUT2D eigenvalue weighted by atomic mass is 32.2. The van der Waals surface area contributed by atoms with E-state index in [-0.39, 0.29) is 5.82 Å². The van der Waals surface area contributed by atoms with Crippen LogP contribution in [-0.4, -0.2) is 33.7 Å². The Balaban J connectivity index is 2.10. The lowest BCUT2D eigenvalue weighted by atomic mass is 10.0. The zero-order valence-electron chi connectivity index (χ0n) is 10.1. The Morgan fingerprint density at radius 3 is 2.41 bits per heavy atom.